The van der Waals surface area contributed by atoms with Crippen LogP contribution in [0, 0.1) is 35.5 Å². The van der Waals surface area contributed by atoms with E-state index >= 15 is 0 Å². The van der Waals surface area contributed by atoms with E-state index in [2.05, 4.69) is 19.7 Å². The topological polar surface area (TPSA) is 71.4 Å². The second-order valence-electron chi connectivity index (χ2n) is 0. The summed E-state index contributed by atoms with van der Waals surface area (Å²) in [5.41, 5.74) is 0. The minimum Gasteiger partial charge on any atom is -0.202 e. The number of nitrogens with zero attached hydrogens (tertiary/aromatic N) is 3. The van der Waals surface area contributed by atoms with Crippen LogP contribution in [0.1, 0.15) is 0 Å². The van der Waals surface area contributed by atoms with Crippen LogP contribution in [0.5, 0.6) is 0 Å². The van der Waals surface area contributed by atoms with Crippen LogP contribution in [-0.2, 0) is 0 Å². The van der Waals surface area contributed by atoms with Gasteiger partial charge in [-0.2, -0.15) is 0 Å². The zero-order chi connectivity index (χ0) is 6.00. The van der Waals surface area contributed by atoms with Gasteiger partial charge >= 0.3 is 0 Å². The molecule has 0 N–H and O–H groups in total. The van der Waals surface area contributed by atoms with Gasteiger partial charge in [0, 0.05) is 29.6 Å². The lowest BCUT2D eigenvalue weighted by atomic mass is 11.9. The second kappa shape index (κ2) is 61.6. The molecule has 0 rings (SSSR count). The van der Waals surface area contributed by atoms with Gasteiger partial charge in [-0.05, 0) is 0 Å². The van der Waals surface area contributed by atoms with Crippen LogP contribution in [0.4, 0.5) is 0 Å². The molecule has 0 aromatic carbocycles. The summed E-state index contributed by atoms with van der Waals surface area (Å²) in [5.74, 6) is 0. The van der Waals surface area contributed by atoms with Crippen molar-refractivity contribution in [3.8, 4) is 19.7 Å². The van der Waals surface area contributed by atoms with Crippen molar-refractivity contribution in [1.29, 1.82) is 15.8 Å². The minimum absolute atomic E-state index is 0. The van der Waals surface area contributed by atoms with E-state index in [4.69, 9.17) is 15.8 Å². The van der Waals surface area contributed by atoms with Gasteiger partial charge in [-0.15, -0.1) is 0 Å². The van der Waals surface area contributed by atoms with Crippen molar-refractivity contribution in [2.45, 2.75) is 0 Å². The highest BCUT2D eigenvalue weighted by molar-refractivity contribution is 6.92. The molecular weight excluding hydrogens is 109 g/mol. The van der Waals surface area contributed by atoms with E-state index in [1.807, 2.05) is 0 Å². The van der Waals surface area contributed by atoms with Crippen molar-refractivity contribution in [3.05, 3.63) is 0 Å². The first-order valence-corrected chi connectivity index (χ1v) is 0.775. The van der Waals surface area contributed by atoms with Crippen LogP contribution < -0.4 is 0 Å². The van der Waals surface area contributed by atoms with E-state index in [1.54, 1.807) is 0 Å². The molecule has 0 saturated heterocycles. The Morgan fingerprint density at radius 1 is 0.571 bits per heavy atom. The van der Waals surface area contributed by atoms with E-state index in [1.165, 1.54) is 0 Å². The van der Waals surface area contributed by atoms with Crippen LogP contribution in [0.3, 0.4) is 0 Å². The Hall–Kier alpha value is -1.10. The maximum absolute atomic E-state index is 6.50. The van der Waals surface area contributed by atoms with Gasteiger partial charge in [0.05, 0.1) is 0 Å². The molecule has 4 heteroatoms. The Balaban J connectivity index is -0.00000000900. The van der Waals surface area contributed by atoms with Gasteiger partial charge in [-0.25, -0.2) is 15.8 Å². The van der Waals surface area contributed by atoms with Gasteiger partial charge in [-0.3, -0.25) is 0 Å². The molecule has 0 aromatic heterocycles. The standard InChI is InChI=1S/3CHN.P/c3*1-2;/h3*1H;. The fraction of sp³-hybridized carbons (Fsp3) is 0. The predicted octanol–water partition coefficient (Wildman–Crippen LogP) is 1.28. The number of hydrogen-bond donors (Lipinski definition) is 0. The Labute approximate surface area is 46.4 Å². The van der Waals surface area contributed by atoms with Gasteiger partial charge in [0.25, 0.3) is 0 Å². The Kier molecular flexibility index (Phi) is 345. The van der Waals surface area contributed by atoms with E-state index in [0.717, 1.165) is 0 Å². The van der Waals surface area contributed by atoms with Crippen molar-refractivity contribution < 1.29 is 0 Å². The molecule has 0 saturated carbocycles. The summed E-state index contributed by atoms with van der Waals surface area (Å²) in [6, 6.07) is 0. The molecule has 0 spiro atoms. The summed E-state index contributed by atoms with van der Waals surface area (Å²) in [6.07, 6.45) is 0. The van der Waals surface area contributed by atoms with Crippen molar-refractivity contribution in [3.63, 3.8) is 0 Å². The minimum atomic E-state index is 0. The molecule has 0 fully saturated rings. The van der Waals surface area contributed by atoms with Crippen LogP contribution >= 0.6 is 9.90 Å². The van der Waals surface area contributed by atoms with Crippen molar-refractivity contribution >= 4 is 9.90 Å². The quantitative estimate of drug-likeness (QED) is 0.443. The highest BCUT2D eigenvalue weighted by Crippen LogP contribution is 0.861. The molecule has 3 nitrogen and oxygen atoms in total. The first-order valence-electron chi connectivity index (χ1n) is 0.775. The molecule has 3 radical (unpaired) electrons. The molecule has 0 aliphatic heterocycles. The van der Waals surface area contributed by atoms with Gasteiger partial charge in [-0.1, -0.05) is 0 Å². The largest absolute Gasteiger partial charge is 0.202 e. The highest BCUT2D eigenvalue weighted by atomic mass is 31.0. The third-order valence-electron chi connectivity index (χ3n) is 0. The molecule has 0 heterocycles. The van der Waals surface area contributed by atoms with Crippen molar-refractivity contribution in [2.75, 3.05) is 0 Å². The van der Waals surface area contributed by atoms with Gasteiger partial charge in [0.15, 0.2) is 0 Å². The number of hydrogen-bond acceptors (Lipinski definition) is 3. The SMILES string of the molecule is C#N.C#N.C#N.[P]. The molecule has 0 aliphatic carbocycles. The van der Waals surface area contributed by atoms with E-state index in [9.17, 15) is 0 Å². The predicted molar refractivity (Wildman–Crippen MR) is 26.9 cm³/mol. The van der Waals surface area contributed by atoms with Crippen molar-refractivity contribution in [2.24, 2.45) is 0 Å². The summed E-state index contributed by atoms with van der Waals surface area (Å²) in [6.45, 7) is 10.5. The van der Waals surface area contributed by atoms with Crippen LogP contribution in [-0.4, -0.2) is 0 Å². The smallest absolute Gasteiger partial charge is 0.0462 e. The van der Waals surface area contributed by atoms with Gasteiger partial charge in [0.1, 0.15) is 0 Å². The second-order valence-corrected chi connectivity index (χ2v) is 0. The molecular formula is C3H3N3P. The summed E-state index contributed by atoms with van der Waals surface area (Å²) in [5, 5.41) is 19.5. The fourth-order valence-corrected chi connectivity index (χ4v) is 0. The molecule has 0 unspecified atom stereocenters. The highest BCUT2D eigenvalue weighted by Gasteiger charge is 0.517. The average Bonchev–Trinajstić information content (AvgIpc) is 1.81. The third-order valence-corrected chi connectivity index (χ3v) is 0. The molecule has 0 atom stereocenters. The van der Waals surface area contributed by atoms with Crippen molar-refractivity contribution in [1.82, 2.24) is 0 Å². The zero-order valence-electron chi connectivity index (χ0n) is 3.52. The molecule has 0 amide bonds. The summed E-state index contributed by atoms with van der Waals surface area (Å²) >= 11 is 0. The van der Waals surface area contributed by atoms with Crippen LogP contribution in [0.15, 0.2) is 0 Å². The maximum Gasteiger partial charge on any atom is 0.0462 e. The third kappa shape index (κ3) is 34.1. The monoisotopic (exact) mass is 112 g/mol. The van der Waals surface area contributed by atoms with Crippen LogP contribution in [0.2, 0.25) is 0 Å². The molecule has 7 heavy (non-hydrogen) atoms. The Morgan fingerprint density at radius 3 is 0.571 bits per heavy atom. The van der Waals surface area contributed by atoms with Gasteiger partial charge < -0.3 is 0 Å². The normalized spacial score (nSPS) is 0.857. The lowest BCUT2D eigenvalue weighted by Gasteiger charge is -0.668. The lowest BCUT2D eigenvalue weighted by molar-refractivity contribution is 1.58. The Morgan fingerprint density at radius 2 is 0.571 bits per heavy atom. The first kappa shape index (κ1) is 39.2. The number of nitriles is 3. The van der Waals surface area contributed by atoms with E-state index in [0.29, 0.717) is 0 Å². The first-order chi connectivity index (χ1) is 3.00. The maximum atomic E-state index is 6.50. The molecule has 0 aromatic rings. The summed E-state index contributed by atoms with van der Waals surface area (Å²) in [7, 11) is 0. The average molecular weight is 112 g/mol. The van der Waals surface area contributed by atoms with Crippen LogP contribution in [0.25, 0.3) is 0 Å². The summed E-state index contributed by atoms with van der Waals surface area (Å²) in [4.78, 5) is 0. The van der Waals surface area contributed by atoms with E-state index < -0.39 is 0 Å². The van der Waals surface area contributed by atoms with E-state index in [-0.39, 0.29) is 9.90 Å². The molecule has 0 bridgehead atoms. The lowest BCUT2D eigenvalue weighted by Crippen LogP contribution is -0.569. The number of rotatable bonds is 0. The molecule has 0 aliphatic rings. The van der Waals surface area contributed by atoms with Gasteiger partial charge in [0.2, 0.25) is 0 Å². The zero-order valence-corrected chi connectivity index (χ0v) is 4.42. The fourth-order valence-electron chi connectivity index (χ4n) is 0. The molecule has 35 valence electrons. The Bertz CT molecular complexity index is 38.7. The summed E-state index contributed by atoms with van der Waals surface area (Å²) < 4.78 is 0.